The van der Waals surface area contributed by atoms with Crippen LogP contribution in [0.15, 0.2) is 67.3 Å². The summed E-state index contributed by atoms with van der Waals surface area (Å²) in [6.45, 7) is 7.84. The molecule has 0 aliphatic carbocycles. The molecule has 6 atom stereocenters. The van der Waals surface area contributed by atoms with Crippen molar-refractivity contribution in [1.29, 1.82) is 0 Å². The fraction of sp³-hybridized carbons (Fsp3) is 0.423. The van der Waals surface area contributed by atoms with E-state index in [1.54, 1.807) is 19.9 Å². The number of carbonyl (C=O) groups excluding carboxylic acids is 1. The molecule has 2 fully saturated rings. The molecule has 182 valence electrons. The molecule has 2 heterocycles. The average Bonchev–Trinajstić information content (AvgIpc) is 2.85. The minimum atomic E-state index is -0.903. The topological polar surface area (TPSA) is 72.5 Å². The highest BCUT2D eigenvalue weighted by molar-refractivity contribution is 14.1. The Hall–Kier alpha value is -1.98. The van der Waals surface area contributed by atoms with E-state index in [1.807, 2.05) is 54.6 Å². The van der Waals surface area contributed by atoms with Crippen LogP contribution in [0, 0.1) is 9.49 Å². The fourth-order valence-corrected chi connectivity index (χ4v) is 4.19. The summed E-state index contributed by atoms with van der Waals surface area (Å²) < 4.78 is 37.8. The second-order valence-corrected chi connectivity index (χ2v) is 9.68. The van der Waals surface area contributed by atoms with E-state index in [1.165, 1.54) is 0 Å². The molecule has 0 unspecified atom stereocenters. The Bertz CT molecular complexity index is 949. The molecule has 2 aliphatic rings. The van der Waals surface area contributed by atoms with E-state index in [0.29, 0.717) is 5.75 Å². The Labute approximate surface area is 213 Å². The van der Waals surface area contributed by atoms with Crippen LogP contribution in [0.1, 0.15) is 25.7 Å². The van der Waals surface area contributed by atoms with E-state index >= 15 is 0 Å². The predicted molar refractivity (Wildman–Crippen MR) is 133 cm³/mol. The van der Waals surface area contributed by atoms with Crippen LogP contribution in [0.4, 0.5) is 0 Å². The second kappa shape index (κ2) is 11.6. The number of rotatable bonds is 8. The minimum absolute atomic E-state index is 0.250. The number of benzene rings is 2. The van der Waals surface area contributed by atoms with Crippen molar-refractivity contribution in [2.24, 2.45) is 5.92 Å². The van der Waals surface area contributed by atoms with Crippen molar-refractivity contribution in [3.8, 4) is 5.75 Å². The first-order valence-corrected chi connectivity index (χ1v) is 12.4. The number of hydrogen-bond donors (Lipinski definition) is 0. The normalized spacial score (nSPS) is 28.7. The van der Waals surface area contributed by atoms with E-state index < -0.39 is 37.0 Å². The summed E-state index contributed by atoms with van der Waals surface area (Å²) in [6, 6.07) is 17.2. The summed E-state index contributed by atoms with van der Waals surface area (Å²) in [7, 11) is 0. The lowest BCUT2D eigenvalue weighted by Gasteiger charge is -2.48. The molecule has 8 heteroatoms. The molecule has 0 amide bonds. The van der Waals surface area contributed by atoms with Crippen LogP contribution in [0.2, 0.25) is 0 Å². The zero-order valence-electron chi connectivity index (χ0n) is 19.2. The van der Waals surface area contributed by atoms with Crippen molar-refractivity contribution in [1.82, 2.24) is 0 Å². The number of fused-ring (bicyclic) bond motifs is 1. The highest BCUT2D eigenvalue weighted by Crippen LogP contribution is 2.37. The van der Waals surface area contributed by atoms with E-state index in [9.17, 15) is 4.79 Å². The van der Waals surface area contributed by atoms with Crippen LogP contribution >= 0.6 is 22.6 Å². The van der Waals surface area contributed by atoms with Gasteiger partial charge < -0.3 is 28.4 Å². The molecule has 0 N–H and O–H groups in total. The van der Waals surface area contributed by atoms with Crippen molar-refractivity contribution < 1.29 is 33.2 Å². The molecule has 0 aromatic heterocycles. The van der Waals surface area contributed by atoms with Gasteiger partial charge >= 0.3 is 5.97 Å². The van der Waals surface area contributed by atoms with Crippen LogP contribution in [-0.4, -0.2) is 49.9 Å². The van der Waals surface area contributed by atoms with Gasteiger partial charge in [0.25, 0.3) is 0 Å². The van der Waals surface area contributed by atoms with Crippen molar-refractivity contribution in [3.63, 3.8) is 0 Å². The number of esters is 1. The molecular weight excluding hydrogens is 551 g/mol. The smallest absolute Gasteiger partial charge is 0.308 e. The Kier molecular flexibility index (Phi) is 8.60. The van der Waals surface area contributed by atoms with Gasteiger partial charge in [0.1, 0.15) is 24.1 Å². The summed E-state index contributed by atoms with van der Waals surface area (Å²) in [6.07, 6.45) is -2.36. The van der Waals surface area contributed by atoms with Crippen LogP contribution in [0.25, 0.3) is 0 Å². The average molecular weight is 580 g/mol. The zero-order chi connectivity index (χ0) is 24.1. The van der Waals surface area contributed by atoms with Gasteiger partial charge in [-0.05, 0) is 46.9 Å². The van der Waals surface area contributed by atoms with Gasteiger partial charge in [0.15, 0.2) is 12.4 Å². The van der Waals surface area contributed by atoms with Crippen molar-refractivity contribution in [2.75, 3.05) is 13.2 Å². The maximum Gasteiger partial charge on any atom is 0.308 e. The molecule has 2 saturated heterocycles. The first-order valence-electron chi connectivity index (χ1n) is 11.3. The summed E-state index contributed by atoms with van der Waals surface area (Å²) in [5.74, 6) is -0.108. The quantitative estimate of drug-likeness (QED) is 0.256. The van der Waals surface area contributed by atoms with E-state index in [-0.39, 0.29) is 25.1 Å². The summed E-state index contributed by atoms with van der Waals surface area (Å²) >= 11 is 2.23. The number of carbonyl (C=O) groups is 1. The molecular formula is C26H29IO7. The van der Waals surface area contributed by atoms with Crippen LogP contribution < -0.4 is 4.74 Å². The van der Waals surface area contributed by atoms with Gasteiger partial charge in [-0.15, -0.1) is 6.58 Å². The van der Waals surface area contributed by atoms with Gasteiger partial charge in [-0.3, -0.25) is 4.79 Å². The van der Waals surface area contributed by atoms with Crippen LogP contribution in [0.3, 0.4) is 0 Å². The Balaban J connectivity index is 1.62. The highest BCUT2D eigenvalue weighted by atomic mass is 127. The monoisotopic (exact) mass is 580 g/mol. The maximum absolute atomic E-state index is 12.6. The fourth-order valence-electron chi connectivity index (χ4n) is 3.83. The SMILES string of the molecule is C=CCO[C@@H]1[C@@H](OC(=O)C(C)C)[C@H](Oc2ccc(I)cc2)O[C@@H]2CO[C@@H](c3ccccc3)O[C@@H]12. The molecule has 2 aromatic carbocycles. The molecule has 4 rings (SSSR count). The molecule has 7 nitrogen and oxygen atoms in total. The third kappa shape index (κ3) is 5.98. The van der Waals surface area contributed by atoms with Gasteiger partial charge in [0.05, 0.1) is 19.1 Å². The lowest BCUT2D eigenvalue weighted by molar-refractivity contribution is -0.355. The molecule has 0 radical (unpaired) electrons. The van der Waals surface area contributed by atoms with Gasteiger partial charge in [0.2, 0.25) is 6.29 Å². The predicted octanol–water partition coefficient (Wildman–Crippen LogP) is 4.65. The van der Waals surface area contributed by atoms with Crippen molar-refractivity contribution >= 4 is 28.6 Å². The Morgan fingerprint density at radius 1 is 1.12 bits per heavy atom. The Morgan fingerprint density at radius 2 is 1.85 bits per heavy atom. The van der Waals surface area contributed by atoms with Crippen LogP contribution in [-0.2, 0) is 28.5 Å². The third-order valence-corrected chi connectivity index (χ3v) is 6.27. The van der Waals surface area contributed by atoms with E-state index in [0.717, 1.165) is 9.13 Å². The van der Waals surface area contributed by atoms with Gasteiger partial charge in [-0.2, -0.15) is 0 Å². The maximum atomic E-state index is 12.6. The first-order chi connectivity index (χ1) is 16.5. The third-order valence-electron chi connectivity index (χ3n) is 5.55. The van der Waals surface area contributed by atoms with Crippen molar-refractivity contribution in [3.05, 3.63) is 76.4 Å². The second-order valence-electron chi connectivity index (χ2n) is 8.43. The number of halogens is 1. The highest BCUT2D eigenvalue weighted by Gasteiger charge is 2.53. The first kappa shape index (κ1) is 25.1. The zero-order valence-corrected chi connectivity index (χ0v) is 21.3. The lowest BCUT2D eigenvalue weighted by Crippen LogP contribution is -2.64. The lowest BCUT2D eigenvalue weighted by atomic mass is 9.97. The number of ether oxygens (including phenoxy) is 6. The summed E-state index contributed by atoms with van der Waals surface area (Å²) in [5.41, 5.74) is 0.886. The Morgan fingerprint density at radius 3 is 2.53 bits per heavy atom. The van der Waals surface area contributed by atoms with E-state index in [2.05, 4.69) is 29.2 Å². The minimum Gasteiger partial charge on any atom is -0.461 e. The van der Waals surface area contributed by atoms with Gasteiger partial charge in [-0.1, -0.05) is 50.3 Å². The largest absolute Gasteiger partial charge is 0.461 e. The molecule has 2 aromatic rings. The van der Waals surface area contributed by atoms with Gasteiger partial charge in [-0.25, -0.2) is 0 Å². The molecule has 0 saturated carbocycles. The van der Waals surface area contributed by atoms with E-state index in [4.69, 9.17) is 28.4 Å². The van der Waals surface area contributed by atoms with Gasteiger partial charge in [0, 0.05) is 9.13 Å². The molecule has 34 heavy (non-hydrogen) atoms. The molecule has 0 spiro atoms. The van der Waals surface area contributed by atoms with Crippen LogP contribution in [0.5, 0.6) is 5.75 Å². The summed E-state index contributed by atoms with van der Waals surface area (Å²) in [5, 5.41) is 0. The number of hydrogen-bond acceptors (Lipinski definition) is 7. The molecule has 2 aliphatic heterocycles. The molecule has 0 bridgehead atoms. The summed E-state index contributed by atoms with van der Waals surface area (Å²) in [4.78, 5) is 12.6. The van der Waals surface area contributed by atoms with Crippen molar-refractivity contribution in [2.45, 2.75) is 50.8 Å². The standard InChI is InChI=1S/C26H29IO7/c1-4-14-29-22-21-20(15-30-25(34-21)17-8-6-5-7-9-17)32-26(23(22)33-24(28)16(2)3)31-19-12-10-18(27)11-13-19/h4-13,16,20-23,25-26H,1,14-15H2,2-3H3/t20-,21-,22+,23-,25-,26-/m1/s1.